The van der Waals surface area contributed by atoms with Gasteiger partial charge in [0.25, 0.3) is 0 Å². The van der Waals surface area contributed by atoms with Gasteiger partial charge in [-0.15, -0.1) is 0 Å². The number of anilines is 1. The van der Waals surface area contributed by atoms with Crippen molar-refractivity contribution in [2.45, 2.75) is 13.8 Å². The zero-order valence-corrected chi connectivity index (χ0v) is 8.12. The molecule has 68 valence electrons. The molecule has 0 saturated heterocycles. The van der Waals surface area contributed by atoms with Gasteiger partial charge in [0.05, 0.1) is 11.3 Å². The Bertz CT molecular complexity index is 308. The van der Waals surface area contributed by atoms with Crippen molar-refractivity contribution in [3.05, 3.63) is 29.8 Å². The lowest BCUT2D eigenvalue weighted by molar-refractivity contribution is 0.864. The summed E-state index contributed by atoms with van der Waals surface area (Å²) >= 11 is 0. The molecular formula is C11H14N2. The summed E-state index contributed by atoms with van der Waals surface area (Å²) in [5.74, 6) is 0. The van der Waals surface area contributed by atoms with Gasteiger partial charge < -0.3 is 4.90 Å². The number of hydrogen-bond donors (Lipinski definition) is 0. The van der Waals surface area contributed by atoms with E-state index in [2.05, 4.69) is 24.8 Å². The van der Waals surface area contributed by atoms with Crippen LogP contribution in [0.25, 0.3) is 0 Å². The summed E-state index contributed by atoms with van der Waals surface area (Å²) in [6, 6.07) is 9.91. The van der Waals surface area contributed by atoms with Crippen molar-refractivity contribution in [2.24, 2.45) is 0 Å². The molecule has 0 spiro atoms. The first-order valence-corrected chi connectivity index (χ1v) is 4.57. The van der Waals surface area contributed by atoms with Crippen LogP contribution in [0.5, 0.6) is 0 Å². The van der Waals surface area contributed by atoms with E-state index >= 15 is 0 Å². The lowest BCUT2D eigenvalue weighted by Gasteiger charge is -2.21. The highest BCUT2D eigenvalue weighted by molar-refractivity contribution is 5.58. The molecule has 0 amide bonds. The summed E-state index contributed by atoms with van der Waals surface area (Å²) in [5, 5.41) is 8.88. The minimum absolute atomic E-state index is 0.756. The SMILES string of the molecule is CCN(CC)c1ccccc1C#N. The Morgan fingerprint density at radius 2 is 1.85 bits per heavy atom. The van der Waals surface area contributed by atoms with Gasteiger partial charge in [-0.2, -0.15) is 5.26 Å². The zero-order valence-electron chi connectivity index (χ0n) is 8.12. The second-order valence-electron chi connectivity index (χ2n) is 2.80. The molecule has 2 heteroatoms. The van der Waals surface area contributed by atoms with Gasteiger partial charge >= 0.3 is 0 Å². The van der Waals surface area contributed by atoms with Gasteiger partial charge in [-0.25, -0.2) is 0 Å². The van der Waals surface area contributed by atoms with Crippen LogP contribution in [0.1, 0.15) is 19.4 Å². The average molecular weight is 174 g/mol. The average Bonchev–Trinajstić information content (AvgIpc) is 2.20. The Kier molecular flexibility index (Phi) is 3.33. The van der Waals surface area contributed by atoms with Gasteiger partial charge in [0.2, 0.25) is 0 Å². The molecule has 0 aromatic heterocycles. The molecule has 0 bridgehead atoms. The summed E-state index contributed by atoms with van der Waals surface area (Å²) in [6.45, 7) is 6.07. The molecule has 0 atom stereocenters. The molecule has 0 aliphatic rings. The maximum absolute atomic E-state index is 8.88. The summed E-state index contributed by atoms with van der Waals surface area (Å²) in [7, 11) is 0. The highest BCUT2D eigenvalue weighted by Crippen LogP contribution is 2.18. The molecule has 13 heavy (non-hydrogen) atoms. The molecule has 0 N–H and O–H groups in total. The first-order chi connectivity index (χ1) is 6.33. The standard InChI is InChI=1S/C11H14N2/c1-3-13(4-2)11-8-6-5-7-10(11)9-12/h5-8H,3-4H2,1-2H3. The molecule has 1 rings (SSSR count). The van der Waals surface area contributed by atoms with Crippen LogP contribution < -0.4 is 4.90 Å². The molecule has 0 aliphatic carbocycles. The maximum Gasteiger partial charge on any atom is 0.101 e. The van der Waals surface area contributed by atoms with E-state index in [1.165, 1.54) is 0 Å². The molecule has 0 fully saturated rings. The van der Waals surface area contributed by atoms with E-state index in [0.717, 1.165) is 24.3 Å². The van der Waals surface area contributed by atoms with Gasteiger partial charge in [0.15, 0.2) is 0 Å². The second-order valence-corrected chi connectivity index (χ2v) is 2.80. The number of benzene rings is 1. The van der Waals surface area contributed by atoms with E-state index in [-0.39, 0.29) is 0 Å². The third-order valence-corrected chi connectivity index (χ3v) is 2.13. The van der Waals surface area contributed by atoms with Crippen LogP contribution in [-0.4, -0.2) is 13.1 Å². The summed E-state index contributed by atoms with van der Waals surface area (Å²) in [4.78, 5) is 2.18. The van der Waals surface area contributed by atoms with Crippen molar-refractivity contribution in [3.63, 3.8) is 0 Å². The van der Waals surface area contributed by atoms with Crippen LogP contribution in [0, 0.1) is 11.3 Å². The lowest BCUT2D eigenvalue weighted by Crippen LogP contribution is -2.22. The van der Waals surface area contributed by atoms with E-state index < -0.39 is 0 Å². The molecular weight excluding hydrogens is 160 g/mol. The molecule has 1 aromatic rings. The number of nitriles is 1. The van der Waals surface area contributed by atoms with Crippen molar-refractivity contribution in [3.8, 4) is 6.07 Å². The Balaban J connectivity index is 3.05. The Morgan fingerprint density at radius 3 is 2.38 bits per heavy atom. The number of hydrogen-bond acceptors (Lipinski definition) is 2. The largest absolute Gasteiger partial charge is 0.371 e. The van der Waals surface area contributed by atoms with Crippen molar-refractivity contribution in [2.75, 3.05) is 18.0 Å². The van der Waals surface area contributed by atoms with Crippen molar-refractivity contribution >= 4 is 5.69 Å². The molecule has 2 nitrogen and oxygen atoms in total. The number of para-hydroxylation sites is 1. The van der Waals surface area contributed by atoms with E-state index in [1.807, 2.05) is 24.3 Å². The normalized spacial score (nSPS) is 9.31. The van der Waals surface area contributed by atoms with Crippen LogP contribution in [0.2, 0.25) is 0 Å². The molecule has 0 unspecified atom stereocenters. The number of nitrogens with zero attached hydrogens (tertiary/aromatic N) is 2. The van der Waals surface area contributed by atoms with Crippen LogP contribution in [0.3, 0.4) is 0 Å². The maximum atomic E-state index is 8.88. The Hall–Kier alpha value is -1.49. The highest BCUT2D eigenvalue weighted by atomic mass is 15.1. The van der Waals surface area contributed by atoms with E-state index in [4.69, 9.17) is 5.26 Å². The molecule has 0 radical (unpaired) electrons. The highest BCUT2D eigenvalue weighted by Gasteiger charge is 2.05. The van der Waals surface area contributed by atoms with E-state index in [1.54, 1.807) is 0 Å². The van der Waals surface area contributed by atoms with Gasteiger partial charge in [-0.3, -0.25) is 0 Å². The fourth-order valence-corrected chi connectivity index (χ4v) is 1.41. The van der Waals surface area contributed by atoms with Crippen LogP contribution in [0.4, 0.5) is 5.69 Å². The Morgan fingerprint density at radius 1 is 1.23 bits per heavy atom. The lowest BCUT2D eigenvalue weighted by atomic mass is 10.2. The Labute approximate surface area is 79.4 Å². The van der Waals surface area contributed by atoms with Crippen molar-refractivity contribution < 1.29 is 0 Å². The first kappa shape index (κ1) is 9.60. The van der Waals surface area contributed by atoms with Gasteiger partial charge in [0, 0.05) is 13.1 Å². The zero-order chi connectivity index (χ0) is 9.68. The third kappa shape index (κ3) is 2.00. The first-order valence-electron chi connectivity index (χ1n) is 4.57. The summed E-state index contributed by atoms with van der Waals surface area (Å²) in [6.07, 6.45) is 0. The van der Waals surface area contributed by atoms with E-state index in [9.17, 15) is 0 Å². The van der Waals surface area contributed by atoms with Crippen molar-refractivity contribution in [1.82, 2.24) is 0 Å². The van der Waals surface area contributed by atoms with Crippen LogP contribution in [-0.2, 0) is 0 Å². The smallest absolute Gasteiger partial charge is 0.101 e. The fourth-order valence-electron chi connectivity index (χ4n) is 1.41. The minimum atomic E-state index is 0.756. The summed E-state index contributed by atoms with van der Waals surface area (Å²) in [5.41, 5.74) is 1.79. The molecule has 0 saturated carbocycles. The van der Waals surface area contributed by atoms with Crippen LogP contribution in [0.15, 0.2) is 24.3 Å². The van der Waals surface area contributed by atoms with E-state index in [0.29, 0.717) is 0 Å². The number of rotatable bonds is 3. The summed E-state index contributed by atoms with van der Waals surface area (Å²) < 4.78 is 0. The second kappa shape index (κ2) is 4.51. The quantitative estimate of drug-likeness (QED) is 0.703. The predicted molar refractivity (Wildman–Crippen MR) is 54.7 cm³/mol. The van der Waals surface area contributed by atoms with Crippen molar-refractivity contribution in [1.29, 1.82) is 5.26 Å². The molecule has 0 heterocycles. The third-order valence-electron chi connectivity index (χ3n) is 2.13. The molecule has 0 aliphatic heterocycles. The molecule has 1 aromatic carbocycles. The topological polar surface area (TPSA) is 27.0 Å². The fraction of sp³-hybridized carbons (Fsp3) is 0.364. The monoisotopic (exact) mass is 174 g/mol. The van der Waals surface area contributed by atoms with Gasteiger partial charge in [-0.1, -0.05) is 12.1 Å². The predicted octanol–water partition coefficient (Wildman–Crippen LogP) is 2.40. The van der Waals surface area contributed by atoms with Gasteiger partial charge in [-0.05, 0) is 26.0 Å². The van der Waals surface area contributed by atoms with Crippen LogP contribution >= 0.6 is 0 Å². The van der Waals surface area contributed by atoms with Gasteiger partial charge in [0.1, 0.15) is 6.07 Å². The minimum Gasteiger partial charge on any atom is -0.371 e.